The van der Waals surface area contributed by atoms with E-state index >= 15 is 0 Å². The third kappa shape index (κ3) is 4.73. The molecule has 0 aliphatic rings. The lowest BCUT2D eigenvalue weighted by molar-refractivity contribution is -0.138. The SMILES string of the molecule is C=C(CC[C@H](N)C(=O)O)NCC. The van der Waals surface area contributed by atoms with Crippen LogP contribution < -0.4 is 11.1 Å². The highest BCUT2D eigenvalue weighted by molar-refractivity contribution is 5.72. The average Bonchev–Trinajstić information content (AvgIpc) is 2.00. The van der Waals surface area contributed by atoms with Gasteiger partial charge in [0.1, 0.15) is 6.04 Å². The molecule has 4 nitrogen and oxygen atoms in total. The summed E-state index contributed by atoms with van der Waals surface area (Å²) < 4.78 is 0. The lowest BCUT2D eigenvalue weighted by Gasteiger charge is -2.09. The zero-order valence-electron chi connectivity index (χ0n) is 7.34. The van der Waals surface area contributed by atoms with Gasteiger partial charge in [-0.15, -0.1) is 0 Å². The monoisotopic (exact) mass is 172 g/mol. The normalized spacial score (nSPS) is 12.2. The Kier molecular flexibility index (Phi) is 5.12. The molecule has 0 saturated carbocycles. The van der Waals surface area contributed by atoms with Crippen molar-refractivity contribution in [1.82, 2.24) is 5.32 Å². The summed E-state index contributed by atoms with van der Waals surface area (Å²) in [6, 6.07) is -0.777. The highest BCUT2D eigenvalue weighted by Gasteiger charge is 2.10. The summed E-state index contributed by atoms with van der Waals surface area (Å²) in [7, 11) is 0. The zero-order valence-corrected chi connectivity index (χ0v) is 7.34. The van der Waals surface area contributed by atoms with Crippen LogP contribution in [-0.4, -0.2) is 23.7 Å². The Labute approximate surface area is 72.4 Å². The number of carboxylic acids is 1. The van der Waals surface area contributed by atoms with Gasteiger partial charge in [0.15, 0.2) is 0 Å². The lowest BCUT2D eigenvalue weighted by Crippen LogP contribution is -2.30. The van der Waals surface area contributed by atoms with Gasteiger partial charge in [0.05, 0.1) is 0 Å². The lowest BCUT2D eigenvalue weighted by atomic mass is 10.1. The number of carbonyl (C=O) groups is 1. The molecule has 0 amide bonds. The predicted octanol–water partition coefficient (Wildman–Crippen LogP) is 0.302. The van der Waals surface area contributed by atoms with E-state index in [1.165, 1.54) is 0 Å². The third-order valence-electron chi connectivity index (χ3n) is 1.50. The molecule has 0 saturated heterocycles. The fourth-order valence-corrected chi connectivity index (χ4v) is 0.792. The van der Waals surface area contributed by atoms with Crippen molar-refractivity contribution < 1.29 is 9.90 Å². The fraction of sp³-hybridized carbons (Fsp3) is 0.625. The molecule has 70 valence electrons. The van der Waals surface area contributed by atoms with Gasteiger partial charge in [-0.1, -0.05) is 6.58 Å². The van der Waals surface area contributed by atoms with Crippen LogP contribution in [0.15, 0.2) is 12.3 Å². The van der Waals surface area contributed by atoms with E-state index in [0.29, 0.717) is 12.8 Å². The number of nitrogens with two attached hydrogens (primary N) is 1. The largest absolute Gasteiger partial charge is 0.480 e. The van der Waals surface area contributed by atoms with E-state index in [-0.39, 0.29) is 0 Å². The molecule has 0 fully saturated rings. The van der Waals surface area contributed by atoms with Crippen LogP contribution in [0.1, 0.15) is 19.8 Å². The second kappa shape index (κ2) is 5.60. The van der Waals surface area contributed by atoms with Crippen LogP contribution in [-0.2, 0) is 4.79 Å². The molecule has 1 atom stereocenters. The van der Waals surface area contributed by atoms with E-state index in [0.717, 1.165) is 12.2 Å². The Bertz CT molecular complexity index is 168. The Hall–Kier alpha value is -1.03. The minimum absolute atomic E-state index is 0.432. The number of hydrogen-bond donors (Lipinski definition) is 3. The molecular weight excluding hydrogens is 156 g/mol. The molecular formula is C8H16N2O2. The van der Waals surface area contributed by atoms with Crippen molar-refractivity contribution in [2.45, 2.75) is 25.8 Å². The molecule has 12 heavy (non-hydrogen) atoms. The van der Waals surface area contributed by atoms with Crippen molar-refractivity contribution in [3.05, 3.63) is 12.3 Å². The van der Waals surface area contributed by atoms with Crippen LogP contribution in [0, 0.1) is 0 Å². The van der Waals surface area contributed by atoms with Gasteiger partial charge in [0.25, 0.3) is 0 Å². The maximum Gasteiger partial charge on any atom is 0.320 e. The first-order chi connectivity index (χ1) is 5.57. The Morgan fingerprint density at radius 1 is 1.75 bits per heavy atom. The Morgan fingerprint density at radius 3 is 2.75 bits per heavy atom. The number of rotatable bonds is 6. The van der Waals surface area contributed by atoms with Gasteiger partial charge in [0, 0.05) is 12.2 Å². The molecule has 0 aliphatic carbocycles. The Balaban J connectivity index is 3.54. The maximum absolute atomic E-state index is 10.3. The molecule has 4 N–H and O–H groups in total. The van der Waals surface area contributed by atoms with Crippen LogP contribution in [0.5, 0.6) is 0 Å². The van der Waals surface area contributed by atoms with Gasteiger partial charge in [-0.3, -0.25) is 4.79 Å². The van der Waals surface area contributed by atoms with Gasteiger partial charge in [-0.2, -0.15) is 0 Å². The standard InChI is InChI=1S/C8H16N2O2/c1-3-10-6(2)4-5-7(9)8(11)12/h7,10H,2-5,9H2,1H3,(H,11,12)/t7-/m0/s1. The third-order valence-corrected chi connectivity index (χ3v) is 1.50. The smallest absolute Gasteiger partial charge is 0.320 e. The Morgan fingerprint density at radius 2 is 2.33 bits per heavy atom. The molecule has 0 aromatic carbocycles. The van der Waals surface area contributed by atoms with Gasteiger partial charge in [-0.05, 0) is 19.8 Å². The average molecular weight is 172 g/mol. The summed E-state index contributed by atoms with van der Waals surface area (Å²) in [5, 5.41) is 11.4. The summed E-state index contributed by atoms with van der Waals surface area (Å²) in [6.07, 6.45) is 1.04. The van der Waals surface area contributed by atoms with Crippen molar-refractivity contribution in [3.8, 4) is 0 Å². The highest BCUT2D eigenvalue weighted by atomic mass is 16.4. The molecule has 0 aromatic heterocycles. The first-order valence-corrected chi connectivity index (χ1v) is 3.98. The summed E-state index contributed by atoms with van der Waals surface area (Å²) >= 11 is 0. The number of hydrogen-bond acceptors (Lipinski definition) is 3. The predicted molar refractivity (Wildman–Crippen MR) is 47.7 cm³/mol. The van der Waals surface area contributed by atoms with E-state index in [1.807, 2.05) is 6.92 Å². The fourth-order valence-electron chi connectivity index (χ4n) is 0.792. The number of aliphatic carboxylic acids is 1. The van der Waals surface area contributed by atoms with Gasteiger partial charge in [0.2, 0.25) is 0 Å². The molecule has 0 aliphatic heterocycles. The van der Waals surface area contributed by atoms with Crippen LogP contribution in [0.4, 0.5) is 0 Å². The first-order valence-electron chi connectivity index (χ1n) is 3.98. The molecule has 0 heterocycles. The minimum Gasteiger partial charge on any atom is -0.480 e. The maximum atomic E-state index is 10.3. The number of allylic oxidation sites excluding steroid dienone is 1. The van der Waals surface area contributed by atoms with Gasteiger partial charge in [-0.25, -0.2) is 0 Å². The van der Waals surface area contributed by atoms with Crippen molar-refractivity contribution in [2.24, 2.45) is 5.73 Å². The summed E-state index contributed by atoms with van der Waals surface area (Å²) in [5.74, 6) is -0.959. The van der Waals surface area contributed by atoms with Crippen LogP contribution in [0.2, 0.25) is 0 Å². The zero-order chi connectivity index (χ0) is 9.56. The second-order valence-corrected chi connectivity index (χ2v) is 2.62. The van der Waals surface area contributed by atoms with Crippen molar-refractivity contribution in [3.63, 3.8) is 0 Å². The van der Waals surface area contributed by atoms with Crippen LogP contribution in [0.25, 0.3) is 0 Å². The summed E-state index contributed by atoms with van der Waals surface area (Å²) in [6.45, 7) is 6.48. The number of nitrogens with one attached hydrogen (secondary N) is 1. The van der Waals surface area contributed by atoms with Crippen LogP contribution >= 0.6 is 0 Å². The molecule has 4 heteroatoms. The van der Waals surface area contributed by atoms with Crippen molar-refractivity contribution in [1.29, 1.82) is 0 Å². The molecule has 0 spiro atoms. The first kappa shape index (κ1) is 11.0. The molecule has 0 rings (SSSR count). The summed E-state index contributed by atoms with van der Waals surface area (Å²) in [4.78, 5) is 10.3. The highest BCUT2D eigenvalue weighted by Crippen LogP contribution is 2.01. The van der Waals surface area contributed by atoms with Gasteiger partial charge >= 0.3 is 5.97 Å². The van der Waals surface area contributed by atoms with Crippen molar-refractivity contribution >= 4 is 5.97 Å². The summed E-state index contributed by atoms with van der Waals surface area (Å²) in [5.41, 5.74) is 6.13. The molecule has 0 aromatic rings. The van der Waals surface area contributed by atoms with Gasteiger partial charge < -0.3 is 16.2 Å². The van der Waals surface area contributed by atoms with E-state index in [1.54, 1.807) is 0 Å². The topological polar surface area (TPSA) is 75.4 Å². The van der Waals surface area contributed by atoms with E-state index in [9.17, 15) is 4.79 Å². The minimum atomic E-state index is -0.959. The molecule has 0 unspecified atom stereocenters. The molecule has 0 bridgehead atoms. The van der Waals surface area contributed by atoms with E-state index in [4.69, 9.17) is 10.8 Å². The van der Waals surface area contributed by atoms with Crippen LogP contribution in [0.3, 0.4) is 0 Å². The van der Waals surface area contributed by atoms with E-state index in [2.05, 4.69) is 11.9 Å². The molecule has 0 radical (unpaired) electrons. The quantitative estimate of drug-likeness (QED) is 0.538. The van der Waals surface area contributed by atoms with E-state index < -0.39 is 12.0 Å². The second-order valence-electron chi connectivity index (χ2n) is 2.62. The van der Waals surface area contributed by atoms with Crippen molar-refractivity contribution in [2.75, 3.05) is 6.54 Å². The number of carboxylic acid groups (broad SMARTS) is 1.